The first-order valence-corrected chi connectivity index (χ1v) is 9.58. The summed E-state index contributed by atoms with van der Waals surface area (Å²) in [6.45, 7) is 0. The number of hydrogen-bond donors (Lipinski definition) is 1. The fourth-order valence-electron chi connectivity index (χ4n) is 4.27. The number of barbiturate groups is 1. The molecule has 0 radical (unpaired) electrons. The van der Waals surface area contributed by atoms with Crippen LogP contribution >= 0.6 is 22.6 Å². The Morgan fingerprint density at radius 3 is 2.52 bits per heavy atom. The molecule has 1 aliphatic heterocycles. The van der Waals surface area contributed by atoms with E-state index in [9.17, 15) is 14.4 Å². The normalized spacial score (nSPS) is 31.9. The Morgan fingerprint density at radius 2 is 1.88 bits per heavy atom. The Morgan fingerprint density at radius 1 is 1.12 bits per heavy atom. The van der Waals surface area contributed by atoms with E-state index in [-0.39, 0.29) is 6.04 Å². The highest BCUT2D eigenvalue weighted by Crippen LogP contribution is 2.47. The zero-order valence-corrected chi connectivity index (χ0v) is 15.7. The van der Waals surface area contributed by atoms with Gasteiger partial charge < -0.3 is 0 Å². The van der Waals surface area contributed by atoms with Crippen LogP contribution in [0.5, 0.6) is 0 Å². The summed E-state index contributed by atoms with van der Waals surface area (Å²) in [5.41, 5.74) is 0.671. The van der Waals surface area contributed by atoms with Gasteiger partial charge in [-0.3, -0.25) is 24.8 Å². The van der Waals surface area contributed by atoms with Gasteiger partial charge in [0, 0.05) is 15.8 Å². The molecule has 4 amide bonds. The van der Waals surface area contributed by atoms with E-state index in [1.807, 2.05) is 24.3 Å². The molecule has 1 N–H and O–H groups in total. The number of carbonyl (C=O) groups excluding carboxylic acids is 3. The van der Waals surface area contributed by atoms with E-state index in [0.717, 1.165) is 22.8 Å². The highest BCUT2D eigenvalue weighted by atomic mass is 127. The summed E-state index contributed by atoms with van der Waals surface area (Å²) in [4.78, 5) is 42.8. The number of rotatable bonds is 3. The Kier molecular flexibility index (Phi) is 4.35. The Labute approximate surface area is 159 Å². The summed E-state index contributed by atoms with van der Waals surface area (Å²) in [6, 6.07) is 6.80. The highest BCUT2D eigenvalue weighted by molar-refractivity contribution is 14.1. The summed E-state index contributed by atoms with van der Waals surface area (Å²) in [7, 11) is 0. The SMILES string of the molecule is O=C1NC(=O)N([C@H]2C[C@H]3CC[C@H]2C3)C(=O)[C@H]1C=Nc1ccc(I)cc1. The predicted octanol–water partition coefficient (Wildman–Crippen LogP) is 2.88. The number of benzene rings is 1. The van der Waals surface area contributed by atoms with Crippen LogP contribution in [0.2, 0.25) is 0 Å². The van der Waals surface area contributed by atoms with Crippen LogP contribution in [0.25, 0.3) is 0 Å². The van der Waals surface area contributed by atoms with Gasteiger partial charge in [-0.05, 0) is 78.0 Å². The smallest absolute Gasteiger partial charge is 0.277 e. The molecular weight excluding hydrogens is 433 g/mol. The largest absolute Gasteiger partial charge is 0.331 e. The standard InChI is InChI=1S/C18H18IN3O3/c19-12-3-5-13(6-4-12)20-9-14-16(23)21-18(25)22(17(14)24)15-8-10-1-2-11(15)7-10/h3-6,9-11,14-15H,1-2,7-8H2,(H,21,23,25)/t10-,11-,14-,15-/m0/s1. The predicted molar refractivity (Wildman–Crippen MR) is 100 cm³/mol. The lowest BCUT2D eigenvalue weighted by atomic mass is 9.92. The van der Waals surface area contributed by atoms with Crippen molar-refractivity contribution in [1.29, 1.82) is 0 Å². The lowest BCUT2D eigenvalue weighted by molar-refractivity contribution is -0.141. The second-order valence-corrected chi connectivity index (χ2v) is 8.22. The molecule has 2 saturated carbocycles. The van der Waals surface area contributed by atoms with Gasteiger partial charge in [-0.1, -0.05) is 6.42 Å². The van der Waals surface area contributed by atoms with Crippen LogP contribution < -0.4 is 5.32 Å². The molecule has 3 fully saturated rings. The van der Waals surface area contributed by atoms with Gasteiger partial charge in [0.15, 0.2) is 5.92 Å². The average Bonchev–Trinajstić information content (AvgIpc) is 3.19. The van der Waals surface area contributed by atoms with E-state index in [0.29, 0.717) is 17.5 Å². The number of nitrogens with zero attached hydrogens (tertiary/aromatic N) is 2. The van der Waals surface area contributed by atoms with E-state index in [2.05, 4.69) is 32.9 Å². The highest BCUT2D eigenvalue weighted by Gasteiger charge is 2.50. The van der Waals surface area contributed by atoms with E-state index >= 15 is 0 Å². The number of hydrogen-bond acceptors (Lipinski definition) is 4. The fraction of sp³-hybridized carbons (Fsp3) is 0.444. The van der Waals surface area contributed by atoms with Gasteiger partial charge in [-0.25, -0.2) is 4.79 Å². The van der Waals surface area contributed by atoms with E-state index in [4.69, 9.17) is 0 Å². The lowest BCUT2D eigenvalue weighted by Gasteiger charge is -2.36. The molecular formula is C18H18IN3O3. The molecule has 0 aromatic heterocycles. The van der Waals surface area contributed by atoms with Crippen molar-refractivity contribution in [2.24, 2.45) is 22.7 Å². The quantitative estimate of drug-likeness (QED) is 0.436. The molecule has 6 nitrogen and oxygen atoms in total. The zero-order valence-electron chi connectivity index (χ0n) is 13.5. The van der Waals surface area contributed by atoms with Crippen LogP contribution in [0.3, 0.4) is 0 Å². The molecule has 2 bridgehead atoms. The van der Waals surface area contributed by atoms with Gasteiger partial charge in [0.1, 0.15) is 0 Å². The van der Waals surface area contributed by atoms with Crippen LogP contribution in [-0.2, 0) is 9.59 Å². The molecule has 1 heterocycles. The number of amides is 4. The third kappa shape index (κ3) is 3.09. The number of aliphatic imine (C=N–C) groups is 1. The molecule has 25 heavy (non-hydrogen) atoms. The minimum absolute atomic E-state index is 0.0754. The van der Waals surface area contributed by atoms with Crippen molar-refractivity contribution in [2.45, 2.75) is 31.7 Å². The first-order chi connectivity index (χ1) is 12.0. The topological polar surface area (TPSA) is 78.8 Å². The second-order valence-electron chi connectivity index (χ2n) is 6.98. The van der Waals surface area contributed by atoms with Crippen LogP contribution in [-0.4, -0.2) is 35.0 Å². The first-order valence-electron chi connectivity index (χ1n) is 8.50. The summed E-state index contributed by atoms with van der Waals surface area (Å²) in [5.74, 6) is -1.10. The summed E-state index contributed by atoms with van der Waals surface area (Å²) in [5, 5.41) is 2.33. The number of urea groups is 1. The molecule has 1 saturated heterocycles. The van der Waals surface area contributed by atoms with Gasteiger partial charge in [0.2, 0.25) is 11.8 Å². The molecule has 0 unspecified atom stereocenters. The summed E-state index contributed by atoms with van der Waals surface area (Å²) >= 11 is 2.20. The summed E-state index contributed by atoms with van der Waals surface area (Å²) in [6.07, 6.45) is 5.53. The van der Waals surface area contributed by atoms with Crippen molar-refractivity contribution < 1.29 is 14.4 Å². The van der Waals surface area contributed by atoms with Crippen LogP contribution in [0, 0.1) is 21.3 Å². The Balaban J connectivity index is 1.55. The van der Waals surface area contributed by atoms with Crippen molar-refractivity contribution in [3.63, 3.8) is 0 Å². The molecule has 1 aromatic rings. The first kappa shape index (κ1) is 16.7. The van der Waals surface area contributed by atoms with Crippen molar-refractivity contribution in [3.8, 4) is 0 Å². The third-order valence-corrected chi connectivity index (χ3v) is 6.19. The Bertz CT molecular complexity index is 761. The molecule has 2 aliphatic carbocycles. The van der Waals surface area contributed by atoms with Gasteiger partial charge in [0.25, 0.3) is 0 Å². The second kappa shape index (κ2) is 6.51. The third-order valence-electron chi connectivity index (χ3n) is 5.47. The van der Waals surface area contributed by atoms with E-state index in [1.165, 1.54) is 17.5 Å². The number of halogens is 1. The lowest BCUT2D eigenvalue weighted by Crippen LogP contribution is -2.62. The fourth-order valence-corrected chi connectivity index (χ4v) is 4.63. The van der Waals surface area contributed by atoms with E-state index < -0.39 is 23.8 Å². The van der Waals surface area contributed by atoms with Gasteiger partial charge in [-0.2, -0.15) is 0 Å². The molecule has 0 spiro atoms. The number of carbonyl (C=O) groups is 3. The van der Waals surface area contributed by atoms with Gasteiger partial charge in [-0.15, -0.1) is 0 Å². The minimum atomic E-state index is -1.05. The minimum Gasteiger partial charge on any atom is -0.277 e. The van der Waals surface area contributed by atoms with Crippen molar-refractivity contribution in [1.82, 2.24) is 10.2 Å². The molecule has 130 valence electrons. The maximum Gasteiger partial charge on any atom is 0.331 e. The van der Waals surface area contributed by atoms with Gasteiger partial charge in [0.05, 0.1) is 5.69 Å². The molecule has 4 rings (SSSR count). The maximum absolute atomic E-state index is 12.8. The molecule has 3 aliphatic rings. The number of nitrogens with one attached hydrogen (secondary N) is 1. The monoisotopic (exact) mass is 451 g/mol. The van der Waals surface area contributed by atoms with E-state index in [1.54, 1.807) is 0 Å². The maximum atomic E-state index is 12.8. The average molecular weight is 451 g/mol. The Hall–Kier alpha value is -1.77. The van der Waals surface area contributed by atoms with Crippen molar-refractivity contribution >= 4 is 52.3 Å². The number of fused-ring (bicyclic) bond motifs is 2. The molecule has 1 aromatic carbocycles. The van der Waals surface area contributed by atoms with Crippen LogP contribution in [0.4, 0.5) is 10.5 Å². The van der Waals surface area contributed by atoms with Crippen molar-refractivity contribution in [2.75, 3.05) is 0 Å². The molecule has 7 heteroatoms. The summed E-state index contributed by atoms with van der Waals surface area (Å²) < 4.78 is 1.08. The van der Waals surface area contributed by atoms with Gasteiger partial charge >= 0.3 is 6.03 Å². The number of imide groups is 2. The zero-order chi connectivity index (χ0) is 17.6. The van der Waals surface area contributed by atoms with Crippen LogP contribution in [0.15, 0.2) is 29.3 Å². The van der Waals surface area contributed by atoms with Crippen LogP contribution in [0.1, 0.15) is 25.7 Å². The molecule has 4 atom stereocenters. The van der Waals surface area contributed by atoms with Crippen molar-refractivity contribution in [3.05, 3.63) is 27.8 Å².